The number of methoxy groups -OCH3 is 2. The third-order valence-electron chi connectivity index (χ3n) is 3.33. The SMILES string of the molecule is C=CCNC(=S)NN=Cc1c(C)cccc1Oc1nc(OC)cc(OC)n1. The Bertz CT molecular complexity index is 819. The van der Waals surface area contributed by atoms with Gasteiger partial charge in [0.25, 0.3) is 0 Å². The Morgan fingerprint density at radius 1 is 1.26 bits per heavy atom. The van der Waals surface area contributed by atoms with Gasteiger partial charge in [-0.3, -0.25) is 5.43 Å². The van der Waals surface area contributed by atoms with E-state index < -0.39 is 0 Å². The Hall–Kier alpha value is -3.20. The average Bonchev–Trinajstić information content (AvgIpc) is 2.68. The van der Waals surface area contributed by atoms with Crippen LogP contribution >= 0.6 is 12.2 Å². The van der Waals surface area contributed by atoms with E-state index in [0.29, 0.717) is 29.2 Å². The Morgan fingerprint density at radius 2 is 1.96 bits per heavy atom. The largest absolute Gasteiger partial charge is 0.481 e. The van der Waals surface area contributed by atoms with Gasteiger partial charge in [-0.15, -0.1) is 6.58 Å². The molecule has 1 aromatic carbocycles. The zero-order valence-electron chi connectivity index (χ0n) is 15.4. The van der Waals surface area contributed by atoms with Crippen molar-refractivity contribution in [1.82, 2.24) is 20.7 Å². The molecule has 142 valence electrons. The second-order valence-electron chi connectivity index (χ2n) is 5.19. The molecule has 0 radical (unpaired) electrons. The predicted octanol–water partition coefficient (Wildman–Crippen LogP) is 2.58. The first-order valence-electron chi connectivity index (χ1n) is 7.99. The number of nitrogens with zero attached hydrogens (tertiary/aromatic N) is 3. The van der Waals surface area contributed by atoms with E-state index in [9.17, 15) is 0 Å². The van der Waals surface area contributed by atoms with Crippen LogP contribution in [0.4, 0.5) is 0 Å². The molecule has 8 nitrogen and oxygen atoms in total. The number of benzene rings is 1. The lowest BCUT2D eigenvalue weighted by Crippen LogP contribution is -2.31. The highest BCUT2D eigenvalue weighted by Gasteiger charge is 2.11. The fraction of sp³-hybridized carbons (Fsp3) is 0.222. The van der Waals surface area contributed by atoms with E-state index in [1.165, 1.54) is 14.2 Å². The molecule has 0 unspecified atom stereocenters. The Labute approximate surface area is 163 Å². The summed E-state index contributed by atoms with van der Waals surface area (Å²) in [5.41, 5.74) is 4.44. The van der Waals surface area contributed by atoms with Crippen molar-refractivity contribution in [3.05, 3.63) is 48.0 Å². The summed E-state index contributed by atoms with van der Waals surface area (Å²) in [5.74, 6) is 1.20. The molecule has 0 amide bonds. The number of aryl methyl sites for hydroxylation is 1. The molecule has 9 heteroatoms. The van der Waals surface area contributed by atoms with Crippen LogP contribution in [0, 0.1) is 6.92 Å². The lowest BCUT2D eigenvalue weighted by molar-refractivity contribution is 0.348. The second kappa shape index (κ2) is 10.1. The highest BCUT2D eigenvalue weighted by atomic mass is 32.1. The minimum atomic E-state index is 0.0996. The van der Waals surface area contributed by atoms with Crippen molar-refractivity contribution in [1.29, 1.82) is 0 Å². The van der Waals surface area contributed by atoms with Crippen LogP contribution in [0.5, 0.6) is 23.5 Å². The fourth-order valence-electron chi connectivity index (χ4n) is 2.00. The van der Waals surface area contributed by atoms with Gasteiger partial charge < -0.3 is 19.5 Å². The molecular weight excluding hydrogens is 366 g/mol. The number of aromatic nitrogens is 2. The summed E-state index contributed by atoms with van der Waals surface area (Å²) in [6.45, 7) is 6.10. The van der Waals surface area contributed by atoms with E-state index in [2.05, 4.69) is 32.4 Å². The highest BCUT2D eigenvalue weighted by Crippen LogP contribution is 2.27. The van der Waals surface area contributed by atoms with Crippen molar-refractivity contribution in [2.24, 2.45) is 5.10 Å². The molecule has 2 rings (SSSR count). The molecule has 27 heavy (non-hydrogen) atoms. The zero-order chi connectivity index (χ0) is 19.6. The van der Waals surface area contributed by atoms with Crippen LogP contribution in [0.1, 0.15) is 11.1 Å². The van der Waals surface area contributed by atoms with Crippen molar-refractivity contribution in [2.45, 2.75) is 6.92 Å². The standard InChI is InChI=1S/C18H21N5O3S/c1-5-9-19-18(27)23-20-11-13-12(2)7-6-8-14(13)26-17-21-15(24-3)10-16(22-17)25-4/h5-8,10-11H,1,9H2,2-4H3,(H2,19,23,27). The van der Waals surface area contributed by atoms with E-state index in [0.717, 1.165) is 11.1 Å². The molecule has 2 N–H and O–H groups in total. The monoisotopic (exact) mass is 387 g/mol. The molecule has 1 aromatic heterocycles. The van der Waals surface area contributed by atoms with Gasteiger partial charge in [0.1, 0.15) is 5.75 Å². The first-order chi connectivity index (χ1) is 13.1. The maximum atomic E-state index is 5.83. The maximum Gasteiger partial charge on any atom is 0.328 e. The molecule has 0 aliphatic rings. The summed E-state index contributed by atoms with van der Waals surface area (Å²) in [7, 11) is 3.01. The van der Waals surface area contributed by atoms with Gasteiger partial charge in [0.2, 0.25) is 11.8 Å². The number of hydrazone groups is 1. The van der Waals surface area contributed by atoms with Crippen molar-refractivity contribution in [3.63, 3.8) is 0 Å². The third-order valence-corrected chi connectivity index (χ3v) is 3.56. The number of ether oxygens (including phenoxy) is 3. The van der Waals surface area contributed by atoms with Crippen LogP contribution in [-0.4, -0.2) is 42.1 Å². The summed E-state index contributed by atoms with van der Waals surface area (Å²) in [6, 6.07) is 7.26. The quantitative estimate of drug-likeness (QED) is 0.309. The summed E-state index contributed by atoms with van der Waals surface area (Å²) < 4.78 is 16.1. The topological polar surface area (TPSA) is 89.9 Å². The van der Waals surface area contributed by atoms with Gasteiger partial charge in [-0.1, -0.05) is 18.2 Å². The van der Waals surface area contributed by atoms with Gasteiger partial charge in [0.15, 0.2) is 5.11 Å². The predicted molar refractivity (Wildman–Crippen MR) is 108 cm³/mol. The molecule has 0 saturated heterocycles. The van der Waals surface area contributed by atoms with Crippen LogP contribution in [0.2, 0.25) is 0 Å². The van der Waals surface area contributed by atoms with Gasteiger partial charge in [0, 0.05) is 12.1 Å². The van der Waals surface area contributed by atoms with E-state index in [1.54, 1.807) is 24.4 Å². The van der Waals surface area contributed by atoms with Crippen LogP contribution < -0.4 is 25.0 Å². The van der Waals surface area contributed by atoms with Gasteiger partial charge in [-0.25, -0.2) is 0 Å². The van der Waals surface area contributed by atoms with Gasteiger partial charge in [-0.2, -0.15) is 15.1 Å². The van der Waals surface area contributed by atoms with Gasteiger partial charge in [-0.05, 0) is 30.8 Å². The lowest BCUT2D eigenvalue weighted by atomic mass is 10.1. The van der Waals surface area contributed by atoms with Crippen molar-refractivity contribution < 1.29 is 14.2 Å². The minimum absolute atomic E-state index is 0.0996. The van der Waals surface area contributed by atoms with Gasteiger partial charge >= 0.3 is 6.01 Å². The Morgan fingerprint density at radius 3 is 2.59 bits per heavy atom. The van der Waals surface area contributed by atoms with Crippen LogP contribution in [-0.2, 0) is 0 Å². The molecule has 0 saturated carbocycles. The highest BCUT2D eigenvalue weighted by molar-refractivity contribution is 7.80. The molecule has 0 bridgehead atoms. The van der Waals surface area contributed by atoms with Crippen LogP contribution in [0.25, 0.3) is 0 Å². The summed E-state index contributed by atoms with van der Waals surface area (Å²) in [4.78, 5) is 8.34. The zero-order valence-corrected chi connectivity index (χ0v) is 16.2. The molecule has 0 spiro atoms. The van der Waals surface area contributed by atoms with Crippen LogP contribution in [0.15, 0.2) is 42.0 Å². The number of rotatable bonds is 8. The first kappa shape index (κ1) is 20.1. The lowest BCUT2D eigenvalue weighted by Gasteiger charge is -2.11. The minimum Gasteiger partial charge on any atom is -0.481 e. The molecule has 1 heterocycles. The Kier molecular flexibility index (Phi) is 7.50. The van der Waals surface area contributed by atoms with Crippen molar-refractivity contribution >= 4 is 23.5 Å². The second-order valence-corrected chi connectivity index (χ2v) is 5.60. The molecule has 0 aliphatic carbocycles. The maximum absolute atomic E-state index is 5.83. The molecule has 0 aliphatic heterocycles. The van der Waals surface area contributed by atoms with E-state index in [1.807, 2.05) is 19.1 Å². The Balaban J connectivity index is 2.22. The molecule has 2 aromatic rings. The van der Waals surface area contributed by atoms with Crippen molar-refractivity contribution in [2.75, 3.05) is 20.8 Å². The number of hydrogen-bond acceptors (Lipinski definition) is 7. The number of thiocarbonyl (C=S) groups is 1. The normalized spacial score (nSPS) is 10.3. The number of nitrogens with one attached hydrogen (secondary N) is 2. The van der Waals surface area contributed by atoms with E-state index in [-0.39, 0.29) is 6.01 Å². The molecule has 0 fully saturated rings. The first-order valence-corrected chi connectivity index (χ1v) is 8.40. The molecule has 0 atom stereocenters. The van der Waals surface area contributed by atoms with Crippen molar-refractivity contribution in [3.8, 4) is 23.5 Å². The average molecular weight is 387 g/mol. The smallest absolute Gasteiger partial charge is 0.328 e. The molecular formula is C18H21N5O3S. The van der Waals surface area contributed by atoms with Gasteiger partial charge in [0.05, 0.1) is 26.5 Å². The summed E-state index contributed by atoms with van der Waals surface area (Å²) >= 11 is 5.10. The van der Waals surface area contributed by atoms with Crippen LogP contribution in [0.3, 0.4) is 0 Å². The number of hydrogen-bond donors (Lipinski definition) is 2. The van der Waals surface area contributed by atoms with E-state index >= 15 is 0 Å². The van der Waals surface area contributed by atoms with E-state index in [4.69, 9.17) is 26.4 Å². The fourth-order valence-corrected chi connectivity index (χ4v) is 2.14. The summed E-state index contributed by atoms with van der Waals surface area (Å²) in [5, 5.41) is 7.46. The summed E-state index contributed by atoms with van der Waals surface area (Å²) in [6.07, 6.45) is 3.32. The third kappa shape index (κ3) is 5.93.